The van der Waals surface area contributed by atoms with E-state index in [1.54, 1.807) is 0 Å². The number of hydrogen-bond donors (Lipinski definition) is 2. The molecule has 0 unspecified atom stereocenters. The third-order valence-electron chi connectivity index (χ3n) is 2.10. The van der Waals surface area contributed by atoms with Crippen molar-refractivity contribution in [3.05, 3.63) is 35.4 Å². The van der Waals surface area contributed by atoms with E-state index in [2.05, 4.69) is 24.3 Å². The van der Waals surface area contributed by atoms with Crippen molar-refractivity contribution in [1.82, 2.24) is 0 Å². The van der Waals surface area contributed by atoms with Crippen LogP contribution in [0.1, 0.15) is 11.1 Å². The zero-order valence-corrected chi connectivity index (χ0v) is 12.7. The zero-order valence-electron chi connectivity index (χ0n) is 9.26. The van der Waals surface area contributed by atoms with Crippen molar-refractivity contribution in [3.8, 4) is 0 Å². The van der Waals surface area contributed by atoms with Crippen LogP contribution >= 0.6 is 0 Å². The van der Waals surface area contributed by atoms with Crippen LogP contribution < -0.4 is 0 Å². The summed E-state index contributed by atoms with van der Waals surface area (Å²) in [7, 11) is 0. The van der Waals surface area contributed by atoms with Gasteiger partial charge in [0.15, 0.2) is 0 Å². The maximum atomic E-state index is 8.78. The van der Waals surface area contributed by atoms with Gasteiger partial charge in [-0.1, -0.05) is 0 Å². The van der Waals surface area contributed by atoms with Gasteiger partial charge in [-0.2, -0.15) is 0 Å². The minimum absolute atomic E-state index is 0.316. The molecule has 16 heavy (non-hydrogen) atoms. The molecule has 0 aliphatic carbocycles. The molecule has 1 aromatic carbocycles. The molecule has 0 fully saturated rings. The fourth-order valence-corrected chi connectivity index (χ4v) is 4.58. The summed E-state index contributed by atoms with van der Waals surface area (Å²) >= 11 is 1.05. The third kappa shape index (κ3) is 5.49. The van der Waals surface area contributed by atoms with Gasteiger partial charge in [-0.3, -0.25) is 0 Å². The Bertz CT molecular complexity index is 263. The molecule has 2 N–H and O–H groups in total. The van der Waals surface area contributed by atoms with Crippen LogP contribution in [0.25, 0.3) is 0 Å². The minimum atomic E-state index is 0.316. The van der Waals surface area contributed by atoms with Gasteiger partial charge in [0.1, 0.15) is 0 Å². The molecule has 4 heteroatoms. The average molecular weight is 352 g/mol. The third-order valence-corrected chi connectivity index (χ3v) is 6.24. The van der Waals surface area contributed by atoms with Gasteiger partial charge in [0.25, 0.3) is 0 Å². The van der Waals surface area contributed by atoms with Gasteiger partial charge in [0, 0.05) is 0 Å². The molecule has 1 rings (SSSR count). The summed E-state index contributed by atoms with van der Waals surface area (Å²) in [6.45, 7) is 0.632. The number of aliphatic hydroxyl groups excluding tert-OH is 2. The monoisotopic (exact) mass is 354 g/mol. The molecular weight excluding hydrogens is 334 g/mol. The fraction of sp³-hybridized carbons (Fsp3) is 0.500. The van der Waals surface area contributed by atoms with Crippen LogP contribution in [0.4, 0.5) is 0 Å². The predicted molar refractivity (Wildman–Crippen MR) is 69.1 cm³/mol. The Labute approximate surface area is 110 Å². The topological polar surface area (TPSA) is 40.5 Å². The molecule has 0 saturated heterocycles. The van der Waals surface area contributed by atoms with E-state index in [-0.39, 0.29) is 0 Å². The van der Waals surface area contributed by atoms with Gasteiger partial charge in [0.2, 0.25) is 0 Å². The molecule has 0 aliphatic rings. The first-order valence-electron chi connectivity index (χ1n) is 5.32. The second-order valence-corrected chi connectivity index (χ2v) is 7.96. The molecule has 0 atom stereocenters. The number of benzene rings is 1. The van der Waals surface area contributed by atoms with Crippen molar-refractivity contribution in [2.75, 3.05) is 13.2 Å². The van der Waals surface area contributed by atoms with Crippen LogP contribution in [0.3, 0.4) is 0 Å². The van der Waals surface area contributed by atoms with Crippen molar-refractivity contribution < 1.29 is 10.2 Å². The Morgan fingerprint density at radius 2 is 1.25 bits per heavy atom. The van der Waals surface area contributed by atoms with Crippen molar-refractivity contribution in [2.45, 2.75) is 21.3 Å². The molecule has 0 amide bonds. The Morgan fingerprint density at radius 1 is 0.812 bits per heavy atom. The maximum absolute atomic E-state index is 8.78. The van der Waals surface area contributed by atoms with Crippen LogP contribution in [-0.4, -0.2) is 53.3 Å². The quantitative estimate of drug-likeness (QED) is 0.540. The van der Waals surface area contributed by atoms with Crippen molar-refractivity contribution in [1.29, 1.82) is 0 Å². The fourth-order valence-electron chi connectivity index (χ4n) is 1.33. The van der Waals surface area contributed by atoms with E-state index in [0.29, 0.717) is 43.1 Å². The van der Waals surface area contributed by atoms with Crippen LogP contribution in [0, 0.1) is 0 Å². The Hall–Kier alpha value is 0.179. The predicted octanol–water partition coefficient (Wildman–Crippen LogP) is 0.916. The summed E-state index contributed by atoms with van der Waals surface area (Å²) in [5, 5.41) is 21.7. The molecule has 0 bridgehead atoms. The van der Waals surface area contributed by atoms with Gasteiger partial charge in [-0.15, -0.1) is 0 Å². The number of aliphatic hydroxyl groups is 2. The Kier molecular flexibility index (Phi) is 8.22. The summed E-state index contributed by atoms with van der Waals surface area (Å²) in [5.74, 6) is 0. The molecule has 0 heterocycles. The van der Waals surface area contributed by atoms with Crippen LogP contribution in [0.15, 0.2) is 24.3 Å². The van der Waals surface area contributed by atoms with Crippen molar-refractivity contribution >= 4 is 29.9 Å². The summed E-state index contributed by atoms with van der Waals surface area (Å²) in [6.07, 6.45) is 0. The second kappa shape index (κ2) is 9.23. The number of rotatable bonds is 8. The van der Waals surface area contributed by atoms with Gasteiger partial charge in [-0.05, 0) is 0 Å². The van der Waals surface area contributed by atoms with E-state index < -0.39 is 0 Å². The van der Waals surface area contributed by atoms with E-state index in [4.69, 9.17) is 10.2 Å². The molecule has 0 spiro atoms. The van der Waals surface area contributed by atoms with Crippen LogP contribution in [0.2, 0.25) is 10.6 Å². The molecule has 90 valence electrons. The van der Waals surface area contributed by atoms with Gasteiger partial charge in [0.05, 0.1) is 0 Å². The van der Waals surface area contributed by atoms with E-state index in [1.807, 2.05) is 0 Å². The first kappa shape index (κ1) is 14.2. The summed E-state index contributed by atoms with van der Waals surface area (Å²) < 4.78 is 0. The summed E-state index contributed by atoms with van der Waals surface area (Å²) in [6, 6.07) is 8.58. The number of hydrogen-bond acceptors (Lipinski definition) is 2. The van der Waals surface area contributed by atoms with E-state index in [9.17, 15) is 0 Å². The summed E-state index contributed by atoms with van der Waals surface area (Å²) in [4.78, 5) is 0. The molecule has 0 radical (unpaired) electrons. The molecular formula is C12H18O2Se2. The molecule has 0 aliphatic heterocycles. The van der Waals surface area contributed by atoms with Crippen LogP contribution in [0.5, 0.6) is 0 Å². The van der Waals surface area contributed by atoms with Gasteiger partial charge >= 0.3 is 110 Å². The zero-order chi connectivity index (χ0) is 11.6. The van der Waals surface area contributed by atoms with E-state index in [1.165, 1.54) is 11.1 Å². The SMILES string of the molecule is OCC[Se]Cc1ccccc1C[Se]CCO. The van der Waals surface area contributed by atoms with Crippen molar-refractivity contribution in [2.24, 2.45) is 0 Å². The Morgan fingerprint density at radius 3 is 1.62 bits per heavy atom. The van der Waals surface area contributed by atoms with Gasteiger partial charge < -0.3 is 0 Å². The first-order chi connectivity index (χ1) is 7.88. The van der Waals surface area contributed by atoms with Crippen LogP contribution in [-0.2, 0) is 10.6 Å². The average Bonchev–Trinajstić information content (AvgIpc) is 2.32. The van der Waals surface area contributed by atoms with Crippen molar-refractivity contribution in [3.63, 3.8) is 0 Å². The molecule has 1 aromatic rings. The van der Waals surface area contributed by atoms with E-state index in [0.717, 1.165) is 21.3 Å². The molecule has 0 aromatic heterocycles. The molecule has 0 saturated carbocycles. The summed E-state index contributed by atoms with van der Waals surface area (Å²) in [5.41, 5.74) is 2.88. The molecule has 2 nitrogen and oxygen atoms in total. The normalized spacial score (nSPS) is 10.6. The first-order valence-corrected chi connectivity index (χ1v) is 10.2. The van der Waals surface area contributed by atoms with Gasteiger partial charge in [-0.25, -0.2) is 0 Å². The Balaban J connectivity index is 2.46. The second-order valence-electron chi connectivity index (χ2n) is 3.32. The van der Waals surface area contributed by atoms with E-state index >= 15 is 0 Å². The standard InChI is InChI=1S/C12H18O2Se2/c13-5-7-15-9-11-3-1-2-4-12(11)10-16-8-6-14/h1-4,13-14H,5-10H2.